The molecule has 9 heteroatoms. The van der Waals surface area contributed by atoms with E-state index in [2.05, 4.69) is 20.8 Å². The van der Waals surface area contributed by atoms with E-state index < -0.39 is 9.84 Å². The first-order valence-electron chi connectivity index (χ1n) is 10.5. The number of hydrogen-bond donors (Lipinski definition) is 3. The number of aromatic amines is 1. The molecule has 2 atom stereocenters. The molecule has 0 saturated heterocycles. The van der Waals surface area contributed by atoms with Crippen LogP contribution in [0.25, 0.3) is 0 Å². The minimum atomic E-state index is -3.20. The molecule has 1 aromatic carbocycles. The smallest absolute Gasteiger partial charge is 0.407 e. The number of benzene rings is 1. The van der Waals surface area contributed by atoms with Crippen molar-refractivity contribution in [2.75, 3.05) is 11.1 Å². The van der Waals surface area contributed by atoms with Crippen LogP contribution in [0.3, 0.4) is 0 Å². The van der Waals surface area contributed by atoms with Crippen LogP contribution in [-0.4, -0.2) is 42.6 Å². The maximum atomic E-state index is 12.3. The lowest BCUT2D eigenvalue weighted by molar-refractivity contribution is 0.0981. The monoisotopic (exact) mass is 432 g/mol. The zero-order valence-corrected chi connectivity index (χ0v) is 18.1. The van der Waals surface area contributed by atoms with Crippen LogP contribution in [0.15, 0.2) is 29.2 Å². The Morgan fingerprint density at radius 2 is 2.13 bits per heavy atom. The molecule has 1 fully saturated rings. The van der Waals surface area contributed by atoms with E-state index in [1.54, 1.807) is 12.1 Å². The Kier molecular flexibility index (Phi) is 5.73. The average molecular weight is 433 g/mol. The number of carbonyl (C=O) groups excluding carboxylic acids is 1. The number of amides is 1. The molecule has 1 amide bonds. The second-order valence-electron chi connectivity index (χ2n) is 8.37. The van der Waals surface area contributed by atoms with E-state index >= 15 is 0 Å². The number of hydrogen-bond acceptors (Lipinski definition) is 6. The molecule has 2 aliphatic rings. The fourth-order valence-electron chi connectivity index (χ4n) is 4.28. The van der Waals surface area contributed by atoms with Crippen LogP contribution in [0, 0.1) is 0 Å². The summed E-state index contributed by atoms with van der Waals surface area (Å²) >= 11 is 0. The lowest BCUT2D eigenvalue weighted by Crippen LogP contribution is -2.33. The first-order valence-corrected chi connectivity index (χ1v) is 12.1. The number of sulfone groups is 1. The molecule has 30 heavy (non-hydrogen) atoms. The fourth-order valence-corrected chi connectivity index (χ4v) is 5.90. The van der Waals surface area contributed by atoms with Crippen molar-refractivity contribution in [1.29, 1.82) is 0 Å². The standard InChI is InChI=1S/C21H28N4O4S/c1-13(2)22-21(26)29-15-9-8-14(11-15)18-12-20(25-24-18)23-17-6-3-7-19-16(17)5-4-10-30(19,27)28/h3,6-7,12-15H,4-5,8-11H2,1-2H3,(H,22,26)(H2,23,24,25)/t14-,15+/m0/s1. The summed E-state index contributed by atoms with van der Waals surface area (Å²) < 4.78 is 30.2. The van der Waals surface area contributed by atoms with Gasteiger partial charge in [-0.25, -0.2) is 13.2 Å². The SMILES string of the molecule is CC(C)NC(=O)O[C@@H]1CC[C@H](c2cc(Nc3cccc4c3CCCS4(=O)=O)n[nH]2)C1. The van der Waals surface area contributed by atoms with Gasteiger partial charge in [0.25, 0.3) is 0 Å². The lowest BCUT2D eigenvalue weighted by Gasteiger charge is -2.19. The number of rotatable bonds is 5. The Morgan fingerprint density at radius 3 is 2.93 bits per heavy atom. The molecule has 162 valence electrons. The predicted octanol–water partition coefficient (Wildman–Crippen LogP) is 3.64. The summed E-state index contributed by atoms with van der Waals surface area (Å²) in [4.78, 5) is 12.2. The van der Waals surface area contributed by atoms with Crippen molar-refractivity contribution in [3.63, 3.8) is 0 Å². The fraction of sp³-hybridized carbons (Fsp3) is 0.524. The van der Waals surface area contributed by atoms with Gasteiger partial charge < -0.3 is 15.4 Å². The van der Waals surface area contributed by atoms with Crippen LogP contribution in [0.1, 0.15) is 56.7 Å². The molecule has 1 saturated carbocycles. The third-order valence-corrected chi connectivity index (χ3v) is 7.55. The van der Waals surface area contributed by atoms with E-state index in [9.17, 15) is 13.2 Å². The Labute approximate surface area is 176 Å². The van der Waals surface area contributed by atoms with Gasteiger partial charge in [0, 0.05) is 29.4 Å². The molecule has 0 spiro atoms. The molecule has 2 heterocycles. The number of carbonyl (C=O) groups is 1. The maximum absolute atomic E-state index is 12.3. The normalized spacial score (nSPS) is 22.5. The van der Waals surface area contributed by atoms with Crippen molar-refractivity contribution in [3.8, 4) is 0 Å². The van der Waals surface area contributed by atoms with Crippen LogP contribution in [-0.2, 0) is 21.0 Å². The summed E-state index contributed by atoms with van der Waals surface area (Å²) in [6.07, 6.45) is 3.39. The van der Waals surface area contributed by atoms with E-state index in [-0.39, 0.29) is 29.9 Å². The summed E-state index contributed by atoms with van der Waals surface area (Å²) in [6, 6.07) is 7.34. The third-order valence-electron chi connectivity index (χ3n) is 5.67. The van der Waals surface area contributed by atoms with E-state index in [1.807, 2.05) is 26.0 Å². The topological polar surface area (TPSA) is 113 Å². The molecule has 1 aliphatic heterocycles. The molecule has 0 unspecified atom stereocenters. The van der Waals surface area contributed by atoms with Crippen molar-refractivity contribution in [2.24, 2.45) is 0 Å². The molecule has 4 rings (SSSR count). The summed E-state index contributed by atoms with van der Waals surface area (Å²) in [5.74, 6) is 1.11. The number of H-pyrrole nitrogens is 1. The van der Waals surface area contributed by atoms with Gasteiger partial charge in [0.15, 0.2) is 15.7 Å². The van der Waals surface area contributed by atoms with Crippen molar-refractivity contribution in [3.05, 3.63) is 35.5 Å². The molecule has 0 radical (unpaired) electrons. The molecular formula is C21H28N4O4S. The van der Waals surface area contributed by atoms with Crippen LogP contribution in [0.4, 0.5) is 16.3 Å². The highest BCUT2D eigenvalue weighted by Gasteiger charge is 2.30. The highest BCUT2D eigenvalue weighted by atomic mass is 32.2. The van der Waals surface area contributed by atoms with E-state index in [0.717, 1.165) is 42.6 Å². The van der Waals surface area contributed by atoms with Gasteiger partial charge in [0.2, 0.25) is 0 Å². The Morgan fingerprint density at radius 1 is 1.30 bits per heavy atom. The highest BCUT2D eigenvalue weighted by molar-refractivity contribution is 7.91. The zero-order chi connectivity index (χ0) is 21.3. The van der Waals surface area contributed by atoms with Gasteiger partial charge in [-0.1, -0.05) is 6.07 Å². The van der Waals surface area contributed by atoms with Crippen LogP contribution < -0.4 is 10.6 Å². The van der Waals surface area contributed by atoms with Crippen molar-refractivity contribution < 1.29 is 17.9 Å². The molecule has 3 N–H and O–H groups in total. The third kappa shape index (κ3) is 4.45. The Balaban J connectivity index is 1.42. The second-order valence-corrected chi connectivity index (χ2v) is 10.5. The molecule has 1 aliphatic carbocycles. The van der Waals surface area contributed by atoms with Crippen LogP contribution >= 0.6 is 0 Å². The molecule has 1 aromatic heterocycles. The number of aromatic nitrogens is 2. The van der Waals surface area contributed by atoms with Crippen LogP contribution in [0.2, 0.25) is 0 Å². The van der Waals surface area contributed by atoms with Gasteiger partial charge in [-0.05, 0) is 63.6 Å². The Bertz CT molecular complexity index is 1030. The van der Waals surface area contributed by atoms with Gasteiger partial charge in [0.05, 0.1) is 10.6 Å². The summed E-state index contributed by atoms with van der Waals surface area (Å²) in [5.41, 5.74) is 2.61. The number of ether oxygens (including phenoxy) is 1. The minimum absolute atomic E-state index is 0.0506. The summed E-state index contributed by atoms with van der Waals surface area (Å²) in [7, 11) is -3.20. The number of nitrogens with zero attached hydrogens (tertiary/aromatic N) is 1. The summed E-state index contributed by atoms with van der Waals surface area (Å²) in [6.45, 7) is 3.80. The molecular weight excluding hydrogens is 404 g/mol. The predicted molar refractivity (Wildman–Crippen MR) is 114 cm³/mol. The highest BCUT2D eigenvalue weighted by Crippen LogP contribution is 2.37. The van der Waals surface area contributed by atoms with Crippen molar-refractivity contribution in [1.82, 2.24) is 15.5 Å². The van der Waals surface area contributed by atoms with Gasteiger partial charge in [-0.3, -0.25) is 5.10 Å². The minimum Gasteiger partial charge on any atom is -0.446 e. The quantitative estimate of drug-likeness (QED) is 0.665. The van der Waals surface area contributed by atoms with Gasteiger partial charge in [0.1, 0.15) is 6.10 Å². The lowest BCUT2D eigenvalue weighted by atomic mass is 10.0. The molecule has 8 nitrogen and oxygen atoms in total. The summed E-state index contributed by atoms with van der Waals surface area (Å²) in [5, 5.41) is 13.5. The second kappa shape index (κ2) is 8.29. The zero-order valence-electron chi connectivity index (χ0n) is 17.3. The van der Waals surface area contributed by atoms with E-state index in [1.165, 1.54) is 0 Å². The maximum Gasteiger partial charge on any atom is 0.407 e. The van der Waals surface area contributed by atoms with Crippen molar-refractivity contribution in [2.45, 2.75) is 68.9 Å². The van der Waals surface area contributed by atoms with Gasteiger partial charge in [-0.15, -0.1) is 0 Å². The number of nitrogens with one attached hydrogen (secondary N) is 3. The van der Waals surface area contributed by atoms with Crippen LogP contribution in [0.5, 0.6) is 0 Å². The van der Waals surface area contributed by atoms with Gasteiger partial charge in [-0.2, -0.15) is 5.10 Å². The number of fused-ring (bicyclic) bond motifs is 1. The van der Waals surface area contributed by atoms with Crippen molar-refractivity contribution >= 4 is 27.4 Å². The largest absolute Gasteiger partial charge is 0.446 e. The number of alkyl carbamates (subject to hydrolysis) is 1. The van der Waals surface area contributed by atoms with E-state index in [0.29, 0.717) is 17.1 Å². The molecule has 2 aromatic rings. The Hall–Kier alpha value is -2.55. The average Bonchev–Trinajstić information content (AvgIpc) is 3.31. The van der Waals surface area contributed by atoms with Gasteiger partial charge >= 0.3 is 6.09 Å². The first kappa shape index (κ1) is 20.7. The number of anilines is 2. The first-order chi connectivity index (χ1) is 14.3. The molecule has 0 bridgehead atoms. The van der Waals surface area contributed by atoms with E-state index in [4.69, 9.17) is 4.74 Å².